The zero-order valence-corrected chi connectivity index (χ0v) is 15.2. The van der Waals surface area contributed by atoms with Crippen molar-refractivity contribution >= 4 is 34.6 Å². The fourth-order valence-corrected chi connectivity index (χ4v) is 3.86. The molecule has 5 heteroatoms. The van der Waals surface area contributed by atoms with Gasteiger partial charge in [0.15, 0.2) is 5.11 Å². The number of nitrogens with zero attached hydrogens (tertiary/aromatic N) is 1. The topological polar surface area (TPSA) is 37.0 Å². The molecular formula is C19H22ClN3S. The lowest BCUT2D eigenvalue weighted by molar-refractivity contribution is 0.292. The van der Waals surface area contributed by atoms with Crippen molar-refractivity contribution in [3.8, 4) is 0 Å². The number of hydrogen-bond donors (Lipinski definition) is 2. The Hall–Kier alpha value is -1.65. The normalized spacial score (nSPS) is 16.4. The van der Waals surface area contributed by atoms with Gasteiger partial charge >= 0.3 is 0 Å². The summed E-state index contributed by atoms with van der Waals surface area (Å²) in [7, 11) is 0. The van der Waals surface area contributed by atoms with Crippen LogP contribution in [0.3, 0.4) is 0 Å². The summed E-state index contributed by atoms with van der Waals surface area (Å²) in [5.41, 5.74) is 2.31. The van der Waals surface area contributed by atoms with Crippen LogP contribution in [-0.2, 0) is 5.41 Å². The average Bonchev–Trinajstić information content (AvgIpc) is 2.62. The van der Waals surface area contributed by atoms with Crippen molar-refractivity contribution in [1.29, 1.82) is 0 Å². The van der Waals surface area contributed by atoms with Crippen molar-refractivity contribution in [3.05, 3.63) is 59.4 Å². The summed E-state index contributed by atoms with van der Waals surface area (Å²) < 4.78 is 0. The van der Waals surface area contributed by atoms with Gasteiger partial charge < -0.3 is 10.6 Å². The average molecular weight is 360 g/mol. The number of thiocarbonyl (C=S) groups is 1. The highest BCUT2D eigenvalue weighted by Crippen LogP contribution is 2.39. The molecule has 0 aliphatic heterocycles. The Bertz CT molecular complexity index is 684. The summed E-state index contributed by atoms with van der Waals surface area (Å²) in [6.45, 7) is 0.819. The standard InChI is InChI=1S/C19H22ClN3S/c20-16-7-4-6-15(12-16)19(9-2-1-3-10-19)14-22-18(24)23-17-8-5-11-21-13-17/h4-8,11-13H,1-3,9-10,14H2,(H2,22,23,24). The summed E-state index contributed by atoms with van der Waals surface area (Å²) in [6.07, 6.45) is 9.64. The van der Waals surface area contributed by atoms with E-state index in [0.717, 1.165) is 30.1 Å². The van der Waals surface area contributed by atoms with E-state index < -0.39 is 0 Å². The molecule has 0 radical (unpaired) electrons. The van der Waals surface area contributed by atoms with Crippen LogP contribution in [-0.4, -0.2) is 16.6 Å². The summed E-state index contributed by atoms with van der Waals surface area (Å²) in [6, 6.07) is 12.1. The first-order valence-corrected chi connectivity index (χ1v) is 9.18. The molecule has 3 nitrogen and oxygen atoms in total. The van der Waals surface area contributed by atoms with Gasteiger partial charge in [0, 0.05) is 23.2 Å². The second-order valence-electron chi connectivity index (χ2n) is 6.40. The Morgan fingerprint density at radius 1 is 1.17 bits per heavy atom. The number of hydrogen-bond acceptors (Lipinski definition) is 2. The fourth-order valence-electron chi connectivity index (χ4n) is 3.48. The van der Waals surface area contributed by atoms with Crippen LogP contribution >= 0.6 is 23.8 Å². The first kappa shape index (κ1) is 17.2. The quantitative estimate of drug-likeness (QED) is 0.759. The highest BCUT2D eigenvalue weighted by atomic mass is 35.5. The number of rotatable bonds is 4. The van der Waals surface area contributed by atoms with Crippen LogP contribution in [0.1, 0.15) is 37.7 Å². The summed E-state index contributed by atoms with van der Waals surface area (Å²) >= 11 is 11.7. The third-order valence-corrected chi connectivity index (χ3v) is 5.24. The molecule has 1 fully saturated rings. The van der Waals surface area contributed by atoms with Crippen LogP contribution in [0.25, 0.3) is 0 Å². The first-order valence-electron chi connectivity index (χ1n) is 8.39. The van der Waals surface area contributed by atoms with Crippen molar-refractivity contribution in [3.63, 3.8) is 0 Å². The van der Waals surface area contributed by atoms with Crippen LogP contribution in [0.5, 0.6) is 0 Å². The number of benzene rings is 1. The van der Waals surface area contributed by atoms with Crippen molar-refractivity contribution in [2.24, 2.45) is 0 Å². The molecule has 2 aromatic rings. The van der Waals surface area contributed by atoms with Gasteiger partial charge in [-0.2, -0.15) is 0 Å². The maximum absolute atomic E-state index is 6.23. The Balaban J connectivity index is 1.70. The van der Waals surface area contributed by atoms with E-state index in [2.05, 4.69) is 27.8 Å². The van der Waals surface area contributed by atoms with Crippen LogP contribution in [0.4, 0.5) is 5.69 Å². The SMILES string of the molecule is S=C(NCC1(c2cccc(Cl)c2)CCCCC1)Nc1cccnc1. The lowest BCUT2D eigenvalue weighted by atomic mass is 9.69. The van der Waals surface area contributed by atoms with Crippen LogP contribution in [0, 0.1) is 0 Å². The summed E-state index contributed by atoms with van der Waals surface area (Å²) in [4.78, 5) is 4.09. The van der Waals surface area contributed by atoms with Gasteiger partial charge in [-0.3, -0.25) is 4.98 Å². The molecule has 3 rings (SSSR count). The van der Waals surface area contributed by atoms with E-state index >= 15 is 0 Å². The van der Waals surface area contributed by atoms with E-state index in [1.54, 1.807) is 12.4 Å². The number of halogens is 1. The van der Waals surface area contributed by atoms with E-state index in [1.807, 2.05) is 24.3 Å². The van der Waals surface area contributed by atoms with Gasteiger partial charge in [-0.05, 0) is 54.9 Å². The zero-order valence-electron chi connectivity index (χ0n) is 13.6. The zero-order chi connectivity index (χ0) is 16.8. The maximum atomic E-state index is 6.23. The fraction of sp³-hybridized carbons (Fsp3) is 0.368. The molecule has 0 atom stereocenters. The van der Waals surface area contributed by atoms with E-state index in [9.17, 15) is 0 Å². The van der Waals surface area contributed by atoms with Crippen LogP contribution in [0.2, 0.25) is 5.02 Å². The first-order chi connectivity index (χ1) is 11.7. The lowest BCUT2D eigenvalue weighted by Crippen LogP contribution is -2.43. The van der Waals surface area contributed by atoms with E-state index in [1.165, 1.54) is 24.8 Å². The van der Waals surface area contributed by atoms with Gasteiger partial charge in [0.05, 0.1) is 11.9 Å². The molecule has 1 heterocycles. The molecule has 0 amide bonds. The predicted molar refractivity (Wildman–Crippen MR) is 105 cm³/mol. The molecule has 1 saturated carbocycles. The molecule has 1 aliphatic rings. The van der Waals surface area contributed by atoms with Crippen molar-refractivity contribution in [2.75, 3.05) is 11.9 Å². The van der Waals surface area contributed by atoms with E-state index in [4.69, 9.17) is 23.8 Å². The van der Waals surface area contributed by atoms with Gasteiger partial charge in [0.2, 0.25) is 0 Å². The number of aromatic nitrogens is 1. The molecular weight excluding hydrogens is 338 g/mol. The Labute approximate surface area is 153 Å². The molecule has 0 saturated heterocycles. The van der Waals surface area contributed by atoms with E-state index in [-0.39, 0.29) is 5.41 Å². The van der Waals surface area contributed by atoms with Crippen LogP contribution < -0.4 is 10.6 Å². The third kappa shape index (κ3) is 4.25. The highest BCUT2D eigenvalue weighted by molar-refractivity contribution is 7.80. The molecule has 0 bridgehead atoms. The largest absolute Gasteiger partial charge is 0.362 e. The summed E-state index contributed by atoms with van der Waals surface area (Å²) in [5, 5.41) is 8.04. The van der Waals surface area contributed by atoms with Gasteiger partial charge in [-0.1, -0.05) is 43.0 Å². The molecule has 126 valence electrons. The van der Waals surface area contributed by atoms with Crippen molar-refractivity contribution in [1.82, 2.24) is 10.3 Å². The molecule has 1 aromatic carbocycles. The number of nitrogens with one attached hydrogen (secondary N) is 2. The molecule has 24 heavy (non-hydrogen) atoms. The molecule has 1 aromatic heterocycles. The number of pyridine rings is 1. The Kier molecular flexibility index (Phi) is 5.69. The molecule has 0 spiro atoms. The minimum absolute atomic E-state index is 0.101. The Morgan fingerprint density at radius 3 is 2.71 bits per heavy atom. The summed E-state index contributed by atoms with van der Waals surface area (Å²) in [5.74, 6) is 0. The van der Waals surface area contributed by atoms with Gasteiger partial charge in [-0.15, -0.1) is 0 Å². The predicted octanol–water partition coefficient (Wildman–Crippen LogP) is 4.92. The van der Waals surface area contributed by atoms with Crippen molar-refractivity contribution in [2.45, 2.75) is 37.5 Å². The third-order valence-electron chi connectivity index (χ3n) is 4.75. The number of anilines is 1. The second-order valence-corrected chi connectivity index (χ2v) is 7.25. The second kappa shape index (κ2) is 7.95. The van der Waals surface area contributed by atoms with Crippen molar-refractivity contribution < 1.29 is 0 Å². The van der Waals surface area contributed by atoms with E-state index in [0.29, 0.717) is 5.11 Å². The minimum atomic E-state index is 0.101. The highest BCUT2D eigenvalue weighted by Gasteiger charge is 2.34. The maximum Gasteiger partial charge on any atom is 0.170 e. The Morgan fingerprint density at radius 2 is 2.00 bits per heavy atom. The smallest absolute Gasteiger partial charge is 0.170 e. The lowest BCUT2D eigenvalue weighted by Gasteiger charge is -2.38. The van der Waals surface area contributed by atoms with Gasteiger partial charge in [0.1, 0.15) is 0 Å². The molecule has 1 aliphatic carbocycles. The monoisotopic (exact) mass is 359 g/mol. The van der Waals surface area contributed by atoms with Crippen LogP contribution in [0.15, 0.2) is 48.8 Å². The van der Waals surface area contributed by atoms with Gasteiger partial charge in [0.25, 0.3) is 0 Å². The van der Waals surface area contributed by atoms with Gasteiger partial charge in [-0.25, -0.2) is 0 Å². The molecule has 0 unspecified atom stereocenters. The molecule has 2 N–H and O–H groups in total. The minimum Gasteiger partial charge on any atom is -0.362 e.